The molecule has 2 aliphatic carbocycles. The second-order valence-corrected chi connectivity index (χ2v) is 9.30. The average molecular weight is 492 g/mol. The Morgan fingerprint density at radius 3 is 1.65 bits per heavy atom. The number of rotatable bonds is 5. The Morgan fingerprint density at radius 1 is 0.649 bits per heavy atom. The van der Waals surface area contributed by atoms with Crippen molar-refractivity contribution in [3.8, 4) is 33.8 Å². The lowest BCUT2D eigenvalue weighted by Crippen LogP contribution is -2.10. The molecule has 2 aliphatic rings. The number of esters is 2. The number of benzene rings is 4. The molecule has 7 nitrogen and oxygen atoms in total. The zero-order chi connectivity index (χ0) is 25.7. The van der Waals surface area contributed by atoms with Gasteiger partial charge < -0.3 is 9.47 Å². The molecule has 0 amide bonds. The third kappa shape index (κ3) is 4.25. The van der Waals surface area contributed by atoms with Crippen molar-refractivity contribution in [3.63, 3.8) is 0 Å². The van der Waals surface area contributed by atoms with Crippen LogP contribution in [0.5, 0.6) is 11.5 Å². The van der Waals surface area contributed by atoms with Gasteiger partial charge in [0.1, 0.15) is 17.2 Å². The lowest BCUT2D eigenvalue weighted by atomic mass is 10.1. The highest BCUT2D eigenvalue weighted by Crippen LogP contribution is 2.41. The second-order valence-electron chi connectivity index (χ2n) is 9.30. The molecule has 0 heterocycles. The third-order valence-electron chi connectivity index (χ3n) is 6.68. The fourth-order valence-electron chi connectivity index (χ4n) is 5.20. The SMILES string of the molecule is CC(=O)Oc1ccc2c(c1)Cc1cc(N[N+](=O)c3ccc4c(c3)Cc3cc(OC(C)=O)ccc3-4)ccc1-2. The van der Waals surface area contributed by atoms with Gasteiger partial charge in [-0.3, -0.25) is 9.59 Å². The molecule has 7 heteroatoms. The molecule has 1 N–H and O–H groups in total. The van der Waals surface area contributed by atoms with Crippen LogP contribution in [0.4, 0.5) is 11.4 Å². The zero-order valence-corrected chi connectivity index (χ0v) is 20.3. The molecule has 0 fully saturated rings. The van der Waals surface area contributed by atoms with Crippen molar-refractivity contribution < 1.29 is 23.9 Å². The summed E-state index contributed by atoms with van der Waals surface area (Å²) in [6, 6.07) is 22.8. The molecule has 0 saturated heterocycles. The molecule has 37 heavy (non-hydrogen) atoms. The van der Waals surface area contributed by atoms with Gasteiger partial charge in [0.15, 0.2) is 4.87 Å². The maximum Gasteiger partial charge on any atom is 0.308 e. The van der Waals surface area contributed by atoms with Crippen LogP contribution in [-0.4, -0.2) is 16.8 Å². The van der Waals surface area contributed by atoms with Gasteiger partial charge in [0.05, 0.1) is 4.91 Å². The summed E-state index contributed by atoms with van der Waals surface area (Å²) in [4.78, 5) is 36.4. The first kappa shape index (κ1) is 22.7. The number of hydrogen-bond donors (Lipinski definition) is 1. The first-order chi connectivity index (χ1) is 17.8. The van der Waals surface area contributed by atoms with Crippen molar-refractivity contribution in [2.24, 2.45) is 0 Å². The minimum Gasteiger partial charge on any atom is -0.427 e. The van der Waals surface area contributed by atoms with Gasteiger partial charge in [0.2, 0.25) is 0 Å². The summed E-state index contributed by atoms with van der Waals surface area (Å²) in [5, 5.41) is 0. The molecule has 0 spiro atoms. The van der Waals surface area contributed by atoms with Crippen LogP contribution in [0.2, 0.25) is 0 Å². The lowest BCUT2D eigenvalue weighted by Gasteiger charge is -2.05. The maximum atomic E-state index is 13.0. The van der Waals surface area contributed by atoms with Gasteiger partial charge in [-0.1, -0.05) is 18.2 Å². The number of carbonyl (C=O) groups is 2. The number of fused-ring (bicyclic) bond motifs is 6. The summed E-state index contributed by atoms with van der Waals surface area (Å²) in [6.07, 6.45) is 1.36. The van der Waals surface area contributed by atoms with Gasteiger partial charge in [0.25, 0.3) is 5.69 Å². The Balaban J connectivity index is 1.19. The van der Waals surface area contributed by atoms with Crippen LogP contribution < -0.4 is 14.9 Å². The Labute approximate surface area is 213 Å². The normalized spacial score (nSPS) is 12.2. The van der Waals surface area contributed by atoms with Crippen LogP contribution in [0.1, 0.15) is 36.1 Å². The summed E-state index contributed by atoms with van der Waals surface area (Å²) >= 11 is 0. The van der Waals surface area contributed by atoms with E-state index in [1.54, 1.807) is 18.2 Å². The number of carbonyl (C=O) groups excluding carboxylic acids is 2. The number of nitrogens with zero attached hydrogens (tertiary/aromatic N) is 1. The average Bonchev–Trinajstić information content (AvgIpc) is 3.39. The van der Waals surface area contributed by atoms with Gasteiger partial charge in [-0.15, -0.1) is 5.43 Å². The van der Waals surface area contributed by atoms with Crippen molar-refractivity contribution in [3.05, 3.63) is 100.0 Å². The Kier molecular flexibility index (Phi) is 5.34. The number of hydrazine groups is 1. The van der Waals surface area contributed by atoms with Crippen LogP contribution in [0, 0.1) is 4.91 Å². The summed E-state index contributed by atoms with van der Waals surface area (Å²) in [5.41, 5.74) is 12.8. The Hall–Kier alpha value is -4.78. The molecular weight excluding hydrogens is 468 g/mol. The van der Waals surface area contributed by atoms with Crippen molar-refractivity contribution in [2.75, 3.05) is 5.43 Å². The molecule has 0 aliphatic heterocycles. The predicted octanol–water partition coefficient (Wildman–Crippen LogP) is 6.12. The van der Waals surface area contributed by atoms with E-state index < -0.39 is 0 Å². The van der Waals surface area contributed by atoms with Gasteiger partial charge in [-0.25, -0.2) is 0 Å². The molecule has 0 atom stereocenters. The van der Waals surface area contributed by atoms with E-state index in [4.69, 9.17) is 9.47 Å². The Morgan fingerprint density at radius 2 is 1.11 bits per heavy atom. The highest BCUT2D eigenvalue weighted by Gasteiger charge is 2.25. The van der Waals surface area contributed by atoms with E-state index >= 15 is 0 Å². The first-order valence-corrected chi connectivity index (χ1v) is 12.0. The topological polar surface area (TPSA) is 84.7 Å². The van der Waals surface area contributed by atoms with E-state index in [0.29, 0.717) is 35.7 Å². The minimum absolute atomic E-state index is 0.348. The summed E-state index contributed by atoms with van der Waals surface area (Å²) < 4.78 is 10.4. The highest BCUT2D eigenvalue weighted by atomic mass is 16.5. The van der Waals surface area contributed by atoms with Crippen molar-refractivity contribution in [1.29, 1.82) is 0 Å². The fourth-order valence-corrected chi connectivity index (χ4v) is 5.20. The fraction of sp³-hybridized carbons (Fsp3) is 0.133. The molecule has 182 valence electrons. The van der Waals surface area contributed by atoms with Crippen LogP contribution in [-0.2, 0) is 22.4 Å². The lowest BCUT2D eigenvalue weighted by molar-refractivity contribution is -0.427. The molecule has 4 aromatic rings. The van der Waals surface area contributed by atoms with E-state index in [1.165, 1.54) is 13.8 Å². The monoisotopic (exact) mass is 491 g/mol. The van der Waals surface area contributed by atoms with Crippen LogP contribution >= 0.6 is 0 Å². The van der Waals surface area contributed by atoms with Crippen LogP contribution in [0.3, 0.4) is 0 Å². The second kappa shape index (κ2) is 8.71. The first-order valence-electron chi connectivity index (χ1n) is 12.0. The number of anilines is 1. The smallest absolute Gasteiger partial charge is 0.308 e. The van der Waals surface area contributed by atoms with E-state index in [9.17, 15) is 14.5 Å². The van der Waals surface area contributed by atoms with E-state index in [2.05, 4.69) is 5.43 Å². The highest BCUT2D eigenvalue weighted by molar-refractivity contribution is 5.81. The summed E-state index contributed by atoms with van der Waals surface area (Å²) in [6.45, 7) is 2.77. The number of nitroso groups, excluding NO2 is 1. The van der Waals surface area contributed by atoms with E-state index in [-0.39, 0.29) is 11.9 Å². The van der Waals surface area contributed by atoms with Gasteiger partial charge in [-0.05, 0) is 99.8 Å². The number of nitrogens with one attached hydrogen (secondary N) is 1. The Bertz CT molecular complexity index is 1640. The molecular formula is C30H23N2O5+. The van der Waals surface area contributed by atoms with Gasteiger partial charge in [-0.2, -0.15) is 0 Å². The van der Waals surface area contributed by atoms with Crippen LogP contribution in [0.15, 0.2) is 72.8 Å². The van der Waals surface area contributed by atoms with Crippen molar-refractivity contribution in [1.82, 2.24) is 0 Å². The largest absolute Gasteiger partial charge is 0.427 e. The quantitative estimate of drug-likeness (QED) is 0.135. The summed E-state index contributed by atoms with van der Waals surface area (Å²) in [7, 11) is 0. The van der Waals surface area contributed by atoms with Crippen molar-refractivity contribution >= 4 is 23.3 Å². The number of hydrogen-bond acceptors (Lipinski definition) is 5. The van der Waals surface area contributed by atoms with E-state index in [0.717, 1.165) is 49.4 Å². The number of ether oxygens (including phenoxy) is 2. The molecule has 0 saturated carbocycles. The molecule has 6 rings (SSSR count). The standard InChI is InChI=1S/C30H23N2O5/c1-17(33)36-25-5-9-29-21(15-25)11-19-13-23(3-7-27(19)29)31-32(35)24-4-8-28-20(14-24)12-22-16-26(37-18(2)34)6-10-30(22)28/h3-10,13-16H,11-12H2,1-2H3,(H,31,35)/q+1. The zero-order valence-electron chi connectivity index (χ0n) is 20.3. The molecule has 0 radical (unpaired) electrons. The summed E-state index contributed by atoms with van der Waals surface area (Å²) in [5.74, 6) is 0.352. The van der Waals surface area contributed by atoms with Crippen molar-refractivity contribution in [2.45, 2.75) is 26.7 Å². The van der Waals surface area contributed by atoms with E-state index in [1.807, 2.05) is 54.6 Å². The molecule has 4 aromatic carbocycles. The molecule has 0 aromatic heterocycles. The van der Waals surface area contributed by atoms with Gasteiger partial charge >= 0.3 is 11.9 Å². The molecule has 0 unspecified atom stereocenters. The van der Waals surface area contributed by atoms with Crippen LogP contribution in [0.25, 0.3) is 22.3 Å². The third-order valence-corrected chi connectivity index (χ3v) is 6.68. The predicted molar refractivity (Wildman–Crippen MR) is 139 cm³/mol. The maximum absolute atomic E-state index is 13.0. The van der Waals surface area contributed by atoms with Gasteiger partial charge in [0, 0.05) is 26.0 Å². The molecule has 0 bridgehead atoms. The minimum atomic E-state index is -0.354.